The van der Waals surface area contributed by atoms with Gasteiger partial charge in [0.1, 0.15) is 0 Å². The zero-order valence-corrected chi connectivity index (χ0v) is 9.16. The number of hydrogen-bond donors (Lipinski definition) is 1. The minimum absolute atomic E-state index is 0.106. The molecule has 2 rings (SSSR count). The van der Waals surface area contributed by atoms with Crippen LogP contribution in [0.4, 0.5) is 11.4 Å². The van der Waals surface area contributed by atoms with E-state index in [0.29, 0.717) is 5.75 Å². The van der Waals surface area contributed by atoms with Crippen LogP contribution in [0.15, 0.2) is 12.1 Å². The molecule has 86 valence electrons. The van der Waals surface area contributed by atoms with E-state index in [2.05, 4.69) is 5.32 Å². The maximum Gasteiger partial charge on any atom is 0.316 e. The Labute approximate surface area is 93.6 Å². The molecule has 1 aromatic rings. The molecule has 1 N–H and O–H groups in total. The molecule has 1 aliphatic rings. The van der Waals surface area contributed by atoms with Crippen LogP contribution in [-0.4, -0.2) is 18.6 Å². The zero-order chi connectivity index (χ0) is 11.5. The summed E-state index contributed by atoms with van der Waals surface area (Å²) in [7, 11) is 1.46. The van der Waals surface area contributed by atoms with E-state index in [1.165, 1.54) is 7.11 Å². The maximum atomic E-state index is 11.1. The van der Waals surface area contributed by atoms with E-state index in [-0.39, 0.29) is 10.6 Å². The molecule has 5 nitrogen and oxygen atoms in total. The number of hydrogen-bond acceptors (Lipinski definition) is 4. The molecular formula is C11H14N2O3. The molecular weight excluding hydrogens is 208 g/mol. The highest BCUT2D eigenvalue weighted by molar-refractivity contribution is 5.67. The first kappa shape index (κ1) is 10.7. The van der Waals surface area contributed by atoms with Gasteiger partial charge in [-0.25, -0.2) is 0 Å². The fraction of sp³-hybridized carbons (Fsp3) is 0.455. The highest BCUT2D eigenvalue weighted by Gasteiger charge is 2.24. The Morgan fingerprint density at radius 1 is 1.44 bits per heavy atom. The third-order valence-corrected chi connectivity index (χ3v) is 2.82. The molecule has 0 fully saturated rings. The van der Waals surface area contributed by atoms with E-state index < -0.39 is 0 Å². The van der Waals surface area contributed by atoms with E-state index in [0.717, 1.165) is 37.1 Å². The number of nitrogens with one attached hydrogen (secondary N) is 1. The van der Waals surface area contributed by atoms with Crippen LogP contribution in [0.5, 0.6) is 5.75 Å². The molecule has 0 aliphatic carbocycles. The van der Waals surface area contributed by atoms with Crippen molar-refractivity contribution in [3.8, 4) is 5.75 Å². The number of methoxy groups -OCH3 is 1. The van der Waals surface area contributed by atoms with Crippen molar-refractivity contribution in [1.82, 2.24) is 0 Å². The summed E-state index contributed by atoms with van der Waals surface area (Å²) in [5.41, 5.74) is 1.74. The lowest BCUT2D eigenvalue weighted by Gasteiger charge is -2.10. The van der Waals surface area contributed by atoms with Crippen LogP contribution in [-0.2, 0) is 6.42 Å². The number of anilines is 1. The quantitative estimate of drug-likeness (QED) is 0.616. The van der Waals surface area contributed by atoms with E-state index in [4.69, 9.17) is 4.74 Å². The number of rotatable bonds is 2. The molecule has 0 atom stereocenters. The summed E-state index contributed by atoms with van der Waals surface area (Å²) in [5, 5.41) is 14.3. The van der Waals surface area contributed by atoms with Gasteiger partial charge in [-0.2, -0.15) is 0 Å². The van der Waals surface area contributed by atoms with E-state index in [1.54, 1.807) is 6.07 Å². The number of ether oxygens (including phenoxy) is 1. The van der Waals surface area contributed by atoms with Crippen molar-refractivity contribution in [2.75, 3.05) is 19.0 Å². The summed E-state index contributed by atoms with van der Waals surface area (Å²) < 4.78 is 5.04. The molecule has 0 saturated heterocycles. The van der Waals surface area contributed by atoms with Gasteiger partial charge in [0.05, 0.1) is 17.6 Å². The highest BCUT2D eigenvalue weighted by Crippen LogP contribution is 2.37. The smallest absolute Gasteiger partial charge is 0.316 e. The normalized spacial score (nSPS) is 14.6. The van der Waals surface area contributed by atoms with Gasteiger partial charge in [0.15, 0.2) is 5.75 Å². The largest absolute Gasteiger partial charge is 0.490 e. The fourth-order valence-corrected chi connectivity index (χ4v) is 2.05. The first-order valence-corrected chi connectivity index (χ1v) is 5.32. The number of nitro groups is 1. The fourth-order valence-electron chi connectivity index (χ4n) is 2.05. The first-order chi connectivity index (χ1) is 7.74. The summed E-state index contributed by atoms with van der Waals surface area (Å²) in [6.07, 6.45) is 2.73. The molecule has 1 aliphatic heterocycles. The van der Waals surface area contributed by atoms with Crippen LogP contribution in [0.25, 0.3) is 0 Å². The van der Waals surface area contributed by atoms with Gasteiger partial charge >= 0.3 is 5.69 Å². The second-order valence-electron chi connectivity index (χ2n) is 3.78. The van der Waals surface area contributed by atoms with Crippen molar-refractivity contribution in [3.05, 3.63) is 27.8 Å². The Hall–Kier alpha value is -1.78. The van der Waals surface area contributed by atoms with Crippen LogP contribution in [0.2, 0.25) is 0 Å². The molecule has 0 saturated carbocycles. The Morgan fingerprint density at radius 3 is 2.94 bits per heavy atom. The molecule has 0 unspecified atom stereocenters. The molecule has 0 aromatic heterocycles. The minimum Gasteiger partial charge on any atom is -0.490 e. The van der Waals surface area contributed by atoms with Crippen LogP contribution in [0.1, 0.15) is 18.4 Å². The molecule has 0 bridgehead atoms. The molecule has 0 amide bonds. The van der Waals surface area contributed by atoms with Gasteiger partial charge in [0, 0.05) is 12.2 Å². The van der Waals surface area contributed by atoms with Gasteiger partial charge in [-0.05, 0) is 31.4 Å². The van der Waals surface area contributed by atoms with Gasteiger partial charge in [-0.15, -0.1) is 0 Å². The van der Waals surface area contributed by atoms with Crippen LogP contribution < -0.4 is 10.1 Å². The lowest BCUT2D eigenvalue weighted by molar-refractivity contribution is -0.386. The van der Waals surface area contributed by atoms with Crippen molar-refractivity contribution in [1.29, 1.82) is 0 Å². The Balaban J connectivity index is 2.56. The summed E-state index contributed by atoms with van der Waals surface area (Å²) in [4.78, 5) is 10.7. The number of fused-ring (bicyclic) bond motifs is 1. The van der Waals surface area contributed by atoms with Gasteiger partial charge in [-0.1, -0.05) is 0 Å². The van der Waals surface area contributed by atoms with Gasteiger partial charge < -0.3 is 10.1 Å². The van der Waals surface area contributed by atoms with Crippen molar-refractivity contribution in [2.24, 2.45) is 0 Å². The standard InChI is InChI=1S/C11H14N2O3/c1-16-10-6-5-9-8(11(10)13(14)15)4-2-3-7-12-9/h5-6,12H,2-4,7H2,1H3. The van der Waals surface area contributed by atoms with Gasteiger partial charge in [0.2, 0.25) is 0 Å². The number of nitrogens with zero attached hydrogens (tertiary/aromatic N) is 1. The van der Waals surface area contributed by atoms with Crippen molar-refractivity contribution >= 4 is 11.4 Å². The topological polar surface area (TPSA) is 64.4 Å². The number of nitro benzene ring substituents is 1. The Bertz CT molecular complexity index is 418. The molecule has 1 aromatic carbocycles. The highest BCUT2D eigenvalue weighted by atomic mass is 16.6. The predicted molar refractivity (Wildman–Crippen MR) is 61.1 cm³/mol. The predicted octanol–water partition coefficient (Wildman–Crippen LogP) is 2.35. The first-order valence-electron chi connectivity index (χ1n) is 5.32. The molecule has 16 heavy (non-hydrogen) atoms. The monoisotopic (exact) mass is 222 g/mol. The van der Waals surface area contributed by atoms with Crippen molar-refractivity contribution in [2.45, 2.75) is 19.3 Å². The van der Waals surface area contributed by atoms with Gasteiger partial charge in [0.25, 0.3) is 0 Å². The summed E-state index contributed by atoms with van der Waals surface area (Å²) in [6.45, 7) is 0.872. The molecule has 5 heteroatoms. The molecule has 1 heterocycles. The summed E-state index contributed by atoms with van der Waals surface area (Å²) in [6, 6.07) is 3.50. The molecule has 0 radical (unpaired) electrons. The average molecular weight is 222 g/mol. The maximum absolute atomic E-state index is 11.1. The SMILES string of the molecule is COc1ccc2c(c1[N+](=O)[O-])CCCCN2. The summed E-state index contributed by atoms with van der Waals surface area (Å²) in [5.74, 6) is 0.340. The second-order valence-corrected chi connectivity index (χ2v) is 3.78. The third kappa shape index (κ3) is 1.80. The lowest BCUT2D eigenvalue weighted by Crippen LogP contribution is -2.03. The molecule has 0 spiro atoms. The van der Waals surface area contributed by atoms with Crippen molar-refractivity contribution < 1.29 is 9.66 Å². The zero-order valence-electron chi connectivity index (χ0n) is 9.16. The summed E-state index contributed by atoms with van der Waals surface area (Å²) >= 11 is 0. The third-order valence-electron chi connectivity index (χ3n) is 2.82. The number of benzene rings is 1. The average Bonchev–Trinajstić information content (AvgIpc) is 2.51. The van der Waals surface area contributed by atoms with Crippen LogP contribution in [0, 0.1) is 10.1 Å². The minimum atomic E-state index is -0.356. The Kier molecular flexibility index (Phi) is 2.94. The van der Waals surface area contributed by atoms with E-state index in [9.17, 15) is 10.1 Å². The van der Waals surface area contributed by atoms with Crippen LogP contribution >= 0.6 is 0 Å². The van der Waals surface area contributed by atoms with Crippen molar-refractivity contribution in [3.63, 3.8) is 0 Å². The second kappa shape index (κ2) is 4.38. The van der Waals surface area contributed by atoms with Gasteiger partial charge in [-0.3, -0.25) is 10.1 Å². The van der Waals surface area contributed by atoms with E-state index >= 15 is 0 Å². The van der Waals surface area contributed by atoms with Crippen LogP contribution in [0.3, 0.4) is 0 Å². The van der Waals surface area contributed by atoms with E-state index in [1.807, 2.05) is 6.07 Å². The Morgan fingerprint density at radius 2 is 2.25 bits per heavy atom. The lowest BCUT2D eigenvalue weighted by atomic mass is 10.0.